The van der Waals surface area contributed by atoms with E-state index in [-0.39, 0.29) is 0 Å². The van der Waals surface area contributed by atoms with Gasteiger partial charge in [0.25, 0.3) is 0 Å². The van der Waals surface area contributed by atoms with Gasteiger partial charge in [0.1, 0.15) is 5.58 Å². The fourth-order valence-corrected chi connectivity index (χ4v) is 3.26. The standard InChI is InChI=1S/C19H13NO/c1-11-6-7-13-15-9-8-14-12-4-2-3-5-16(12)20-18(14)19(15)21-17(13)10-11/h2-10,20H,1H3. The van der Waals surface area contributed by atoms with Gasteiger partial charge in [0.05, 0.1) is 5.52 Å². The van der Waals surface area contributed by atoms with Crippen molar-refractivity contribution in [2.24, 2.45) is 0 Å². The van der Waals surface area contributed by atoms with Crippen LogP contribution in [0.3, 0.4) is 0 Å². The Morgan fingerprint density at radius 1 is 0.810 bits per heavy atom. The third kappa shape index (κ3) is 1.37. The quantitative estimate of drug-likeness (QED) is 0.394. The van der Waals surface area contributed by atoms with Crippen LogP contribution in [-0.4, -0.2) is 4.98 Å². The summed E-state index contributed by atoms with van der Waals surface area (Å²) < 4.78 is 6.14. The van der Waals surface area contributed by atoms with Gasteiger partial charge in [0.2, 0.25) is 0 Å². The maximum Gasteiger partial charge on any atom is 0.159 e. The molecule has 2 aromatic heterocycles. The number of rotatable bonds is 0. The van der Waals surface area contributed by atoms with Crippen LogP contribution in [0.4, 0.5) is 0 Å². The smallest absolute Gasteiger partial charge is 0.159 e. The summed E-state index contributed by atoms with van der Waals surface area (Å²) in [6.45, 7) is 2.09. The molecule has 0 aliphatic rings. The number of fused-ring (bicyclic) bond motifs is 7. The molecule has 1 N–H and O–H groups in total. The molecule has 0 fully saturated rings. The summed E-state index contributed by atoms with van der Waals surface area (Å²) in [6.07, 6.45) is 0. The molecule has 0 aliphatic heterocycles. The average Bonchev–Trinajstić information content (AvgIpc) is 3.04. The van der Waals surface area contributed by atoms with Gasteiger partial charge in [-0.3, -0.25) is 0 Å². The number of furan rings is 1. The predicted molar refractivity (Wildman–Crippen MR) is 87.8 cm³/mol. The minimum atomic E-state index is 0.948. The van der Waals surface area contributed by atoms with Crippen molar-refractivity contribution in [3.8, 4) is 0 Å². The average molecular weight is 271 g/mol. The number of H-pyrrole nitrogens is 1. The molecule has 0 spiro atoms. The van der Waals surface area contributed by atoms with Crippen LogP contribution in [0.25, 0.3) is 43.7 Å². The largest absolute Gasteiger partial charge is 0.454 e. The van der Waals surface area contributed by atoms with Gasteiger partial charge < -0.3 is 9.40 Å². The Labute approximate surface area is 121 Å². The molecule has 0 radical (unpaired) electrons. The summed E-state index contributed by atoms with van der Waals surface area (Å²) in [4.78, 5) is 3.50. The first kappa shape index (κ1) is 11.0. The minimum absolute atomic E-state index is 0.948. The van der Waals surface area contributed by atoms with Gasteiger partial charge in [-0.1, -0.05) is 36.4 Å². The third-order valence-corrected chi connectivity index (χ3v) is 4.27. The van der Waals surface area contributed by atoms with E-state index in [1.807, 2.05) is 0 Å². The monoisotopic (exact) mass is 271 g/mol. The van der Waals surface area contributed by atoms with Gasteiger partial charge in [0.15, 0.2) is 5.58 Å². The van der Waals surface area contributed by atoms with Crippen molar-refractivity contribution in [1.82, 2.24) is 4.98 Å². The number of hydrogen-bond acceptors (Lipinski definition) is 1. The Morgan fingerprint density at radius 3 is 2.57 bits per heavy atom. The van der Waals surface area contributed by atoms with Crippen molar-refractivity contribution in [2.75, 3.05) is 0 Å². The zero-order valence-electron chi connectivity index (χ0n) is 11.6. The summed E-state index contributed by atoms with van der Waals surface area (Å²) in [7, 11) is 0. The molecule has 100 valence electrons. The molecule has 21 heavy (non-hydrogen) atoms. The lowest BCUT2D eigenvalue weighted by molar-refractivity contribution is 0.671. The van der Waals surface area contributed by atoms with E-state index >= 15 is 0 Å². The minimum Gasteiger partial charge on any atom is -0.454 e. The van der Waals surface area contributed by atoms with Crippen LogP contribution in [0, 0.1) is 6.92 Å². The highest BCUT2D eigenvalue weighted by molar-refractivity contribution is 6.20. The number of aromatic nitrogens is 1. The molecule has 3 aromatic carbocycles. The van der Waals surface area contributed by atoms with Crippen molar-refractivity contribution in [3.63, 3.8) is 0 Å². The summed E-state index contributed by atoms with van der Waals surface area (Å²) in [5, 5.41) is 4.81. The number of para-hydroxylation sites is 1. The first-order valence-corrected chi connectivity index (χ1v) is 7.13. The van der Waals surface area contributed by atoms with Gasteiger partial charge >= 0.3 is 0 Å². The van der Waals surface area contributed by atoms with E-state index in [0.717, 1.165) is 22.2 Å². The molecular weight excluding hydrogens is 258 g/mol. The van der Waals surface area contributed by atoms with Crippen LogP contribution >= 0.6 is 0 Å². The number of nitrogens with one attached hydrogen (secondary N) is 1. The van der Waals surface area contributed by atoms with E-state index in [1.54, 1.807) is 0 Å². The highest BCUT2D eigenvalue weighted by Crippen LogP contribution is 2.36. The molecule has 0 saturated heterocycles. The zero-order chi connectivity index (χ0) is 14.0. The summed E-state index contributed by atoms with van der Waals surface area (Å²) >= 11 is 0. The van der Waals surface area contributed by atoms with Gasteiger partial charge in [-0.05, 0) is 30.7 Å². The van der Waals surface area contributed by atoms with Crippen molar-refractivity contribution in [3.05, 3.63) is 60.2 Å². The Balaban J connectivity index is 2.06. The van der Waals surface area contributed by atoms with E-state index in [0.29, 0.717) is 0 Å². The Morgan fingerprint density at radius 2 is 1.62 bits per heavy atom. The van der Waals surface area contributed by atoms with Crippen molar-refractivity contribution in [1.29, 1.82) is 0 Å². The van der Waals surface area contributed by atoms with E-state index in [4.69, 9.17) is 4.42 Å². The Hall–Kier alpha value is -2.74. The summed E-state index contributed by atoms with van der Waals surface area (Å²) in [5.41, 5.74) is 5.36. The number of aromatic amines is 1. The van der Waals surface area contributed by atoms with Crippen molar-refractivity contribution in [2.45, 2.75) is 6.92 Å². The molecule has 2 heteroatoms. The highest BCUT2D eigenvalue weighted by atomic mass is 16.3. The number of hydrogen-bond donors (Lipinski definition) is 1. The maximum atomic E-state index is 6.14. The topological polar surface area (TPSA) is 28.9 Å². The van der Waals surface area contributed by atoms with Crippen molar-refractivity contribution >= 4 is 43.7 Å². The van der Waals surface area contributed by atoms with Crippen molar-refractivity contribution < 1.29 is 4.42 Å². The first-order chi connectivity index (χ1) is 10.3. The predicted octanol–water partition coefficient (Wildman–Crippen LogP) is 5.53. The van der Waals surface area contributed by atoms with Gasteiger partial charge in [0, 0.05) is 27.1 Å². The molecule has 0 aliphatic carbocycles. The van der Waals surface area contributed by atoms with Gasteiger partial charge in [-0.15, -0.1) is 0 Å². The lowest BCUT2D eigenvalue weighted by atomic mass is 10.1. The van der Waals surface area contributed by atoms with Crippen LogP contribution < -0.4 is 0 Å². The lowest BCUT2D eigenvalue weighted by Gasteiger charge is -1.92. The molecule has 0 bridgehead atoms. The Bertz CT molecular complexity index is 1140. The van der Waals surface area contributed by atoms with Gasteiger partial charge in [-0.25, -0.2) is 0 Å². The Kier molecular flexibility index (Phi) is 1.92. The highest BCUT2D eigenvalue weighted by Gasteiger charge is 2.13. The summed E-state index contributed by atoms with van der Waals surface area (Å²) in [6, 6.07) is 19.1. The van der Waals surface area contributed by atoms with Gasteiger partial charge in [-0.2, -0.15) is 0 Å². The van der Waals surface area contributed by atoms with Crippen LogP contribution in [0.5, 0.6) is 0 Å². The second-order valence-electron chi connectivity index (χ2n) is 5.64. The van der Waals surface area contributed by atoms with Crippen LogP contribution in [0.15, 0.2) is 59.0 Å². The van der Waals surface area contributed by atoms with Crippen LogP contribution in [0.1, 0.15) is 5.56 Å². The molecule has 2 nitrogen and oxygen atoms in total. The molecule has 5 rings (SSSR count). The second-order valence-corrected chi connectivity index (χ2v) is 5.64. The molecular formula is C19H13NO. The van der Waals surface area contributed by atoms with Crippen LogP contribution in [0.2, 0.25) is 0 Å². The normalized spacial score (nSPS) is 12.0. The molecule has 0 saturated carbocycles. The molecule has 5 aromatic rings. The van der Waals surface area contributed by atoms with E-state index in [2.05, 4.69) is 66.5 Å². The van der Waals surface area contributed by atoms with Crippen LogP contribution in [-0.2, 0) is 0 Å². The second kappa shape index (κ2) is 3.67. The maximum absolute atomic E-state index is 6.14. The third-order valence-electron chi connectivity index (χ3n) is 4.27. The van der Waals surface area contributed by atoms with E-state index in [9.17, 15) is 0 Å². The number of aryl methyl sites for hydroxylation is 1. The fraction of sp³-hybridized carbons (Fsp3) is 0.0526. The molecule has 0 atom stereocenters. The number of benzene rings is 3. The fourth-order valence-electron chi connectivity index (χ4n) is 3.26. The summed E-state index contributed by atoms with van der Waals surface area (Å²) in [5.74, 6) is 0. The van der Waals surface area contributed by atoms with E-state index < -0.39 is 0 Å². The SMILES string of the molecule is Cc1ccc2c(c1)oc1c2ccc2c3ccccc3[nH]c21. The van der Waals surface area contributed by atoms with E-state index in [1.165, 1.54) is 27.1 Å². The molecule has 0 unspecified atom stereocenters. The molecule has 2 heterocycles. The molecule has 0 amide bonds. The zero-order valence-corrected chi connectivity index (χ0v) is 11.6. The lowest BCUT2D eigenvalue weighted by Crippen LogP contribution is -1.71. The first-order valence-electron chi connectivity index (χ1n) is 7.13.